The molecule has 0 bridgehead atoms. The quantitative estimate of drug-likeness (QED) is 0.897. The van der Waals surface area contributed by atoms with Crippen LogP contribution in [0.2, 0.25) is 0 Å². The minimum Gasteiger partial charge on any atom is -0.497 e. The molecule has 0 fully saturated rings. The van der Waals surface area contributed by atoms with Crippen LogP contribution in [0.5, 0.6) is 11.5 Å². The van der Waals surface area contributed by atoms with Crippen LogP contribution in [0.4, 0.5) is 0 Å². The van der Waals surface area contributed by atoms with E-state index in [0.29, 0.717) is 0 Å². The van der Waals surface area contributed by atoms with Crippen LogP contribution in [0, 0.1) is 0 Å². The largest absolute Gasteiger partial charge is 0.497 e. The van der Waals surface area contributed by atoms with E-state index >= 15 is 0 Å². The van der Waals surface area contributed by atoms with Gasteiger partial charge < -0.3 is 15.2 Å². The summed E-state index contributed by atoms with van der Waals surface area (Å²) in [6.45, 7) is 0. The number of nitrogens with two attached hydrogens (primary N) is 1. The molecule has 4 heteroatoms. The molecular formula is C15H16N2O2. The van der Waals surface area contributed by atoms with Gasteiger partial charge in [-0.15, -0.1) is 0 Å². The predicted molar refractivity (Wildman–Crippen MR) is 72.1 cm³/mol. The van der Waals surface area contributed by atoms with Gasteiger partial charge in [0.05, 0.1) is 7.11 Å². The molecule has 0 saturated heterocycles. The number of ether oxygens (including phenoxy) is 2. The van der Waals surface area contributed by atoms with Crippen molar-refractivity contribution in [2.45, 2.75) is 18.6 Å². The van der Waals surface area contributed by atoms with E-state index < -0.39 is 0 Å². The number of hydrogen-bond acceptors (Lipinski definition) is 4. The second-order valence-corrected chi connectivity index (χ2v) is 4.64. The highest BCUT2D eigenvalue weighted by Gasteiger charge is 2.27. The minimum atomic E-state index is -0.0525. The Hall–Kier alpha value is -2.07. The van der Waals surface area contributed by atoms with E-state index in [1.54, 1.807) is 13.3 Å². The Balaban J connectivity index is 1.94. The number of benzene rings is 1. The van der Waals surface area contributed by atoms with Gasteiger partial charge in [-0.25, -0.2) is 0 Å². The predicted octanol–water partition coefficient (Wildman–Crippen LogP) is 2.61. The van der Waals surface area contributed by atoms with Gasteiger partial charge in [-0.3, -0.25) is 4.98 Å². The van der Waals surface area contributed by atoms with Gasteiger partial charge in [0.2, 0.25) is 0 Å². The van der Waals surface area contributed by atoms with Crippen molar-refractivity contribution in [1.29, 1.82) is 0 Å². The van der Waals surface area contributed by atoms with E-state index in [1.807, 2.05) is 36.5 Å². The van der Waals surface area contributed by atoms with Crippen molar-refractivity contribution in [1.82, 2.24) is 4.98 Å². The fourth-order valence-corrected chi connectivity index (χ4v) is 2.38. The SMILES string of the molecule is COc1ccc2c(c1)O[C@@H](c1cccnc1)C[C@H]2N. The molecule has 2 N–H and O–H groups in total. The minimum absolute atomic E-state index is 0.0279. The molecule has 0 aliphatic carbocycles. The summed E-state index contributed by atoms with van der Waals surface area (Å²) < 4.78 is 11.3. The number of pyridine rings is 1. The van der Waals surface area contributed by atoms with Gasteiger partial charge in [0.15, 0.2) is 0 Å². The lowest BCUT2D eigenvalue weighted by molar-refractivity contribution is 0.160. The van der Waals surface area contributed by atoms with Crippen LogP contribution in [-0.2, 0) is 0 Å². The third kappa shape index (κ3) is 2.27. The van der Waals surface area contributed by atoms with Gasteiger partial charge in [-0.1, -0.05) is 12.1 Å². The summed E-state index contributed by atoms with van der Waals surface area (Å²) in [6, 6.07) is 9.66. The molecule has 0 amide bonds. The van der Waals surface area contributed by atoms with Crippen molar-refractivity contribution in [3.8, 4) is 11.5 Å². The molecule has 2 aromatic rings. The van der Waals surface area contributed by atoms with E-state index in [-0.39, 0.29) is 12.1 Å². The molecule has 1 aromatic heterocycles. The van der Waals surface area contributed by atoms with Gasteiger partial charge in [0.1, 0.15) is 17.6 Å². The Morgan fingerprint density at radius 1 is 1.37 bits per heavy atom. The number of hydrogen-bond donors (Lipinski definition) is 1. The summed E-state index contributed by atoms with van der Waals surface area (Å²) in [5.74, 6) is 1.57. The van der Waals surface area contributed by atoms with Crippen molar-refractivity contribution >= 4 is 0 Å². The molecule has 3 rings (SSSR count). The zero-order valence-electron chi connectivity index (χ0n) is 10.7. The van der Waals surface area contributed by atoms with Crippen molar-refractivity contribution in [2.24, 2.45) is 5.73 Å². The molecule has 0 unspecified atom stereocenters. The highest BCUT2D eigenvalue weighted by Crippen LogP contribution is 2.40. The number of nitrogens with zero attached hydrogens (tertiary/aromatic N) is 1. The Morgan fingerprint density at radius 2 is 2.26 bits per heavy atom. The lowest BCUT2D eigenvalue weighted by Gasteiger charge is -2.30. The first-order valence-electron chi connectivity index (χ1n) is 6.28. The standard InChI is InChI=1S/C15H16N2O2/c1-18-11-4-5-12-13(16)8-14(19-15(12)7-11)10-3-2-6-17-9-10/h2-7,9,13-14H,8,16H2,1H3/t13-,14-/m1/s1. The Labute approximate surface area is 112 Å². The van der Waals surface area contributed by atoms with Gasteiger partial charge in [-0.2, -0.15) is 0 Å². The number of rotatable bonds is 2. The second-order valence-electron chi connectivity index (χ2n) is 4.64. The highest BCUT2D eigenvalue weighted by molar-refractivity contribution is 5.44. The first-order valence-corrected chi connectivity index (χ1v) is 6.28. The highest BCUT2D eigenvalue weighted by atomic mass is 16.5. The molecule has 2 heterocycles. The van der Waals surface area contributed by atoms with Crippen LogP contribution in [-0.4, -0.2) is 12.1 Å². The topological polar surface area (TPSA) is 57.4 Å². The molecule has 4 nitrogen and oxygen atoms in total. The summed E-state index contributed by atoms with van der Waals surface area (Å²) in [4.78, 5) is 4.13. The molecular weight excluding hydrogens is 240 g/mol. The van der Waals surface area contributed by atoms with Crippen LogP contribution in [0.3, 0.4) is 0 Å². The first kappa shape index (κ1) is 12.0. The lowest BCUT2D eigenvalue weighted by Crippen LogP contribution is -2.24. The van der Waals surface area contributed by atoms with Gasteiger partial charge in [-0.05, 0) is 12.1 Å². The van der Waals surface area contributed by atoms with Crippen molar-refractivity contribution in [3.63, 3.8) is 0 Å². The Bertz CT molecular complexity index is 572. The molecule has 0 saturated carbocycles. The maximum Gasteiger partial charge on any atom is 0.128 e. The van der Waals surface area contributed by atoms with Crippen LogP contribution in [0.15, 0.2) is 42.7 Å². The maximum atomic E-state index is 6.22. The number of methoxy groups -OCH3 is 1. The molecule has 2 atom stereocenters. The molecule has 1 aliphatic heterocycles. The lowest BCUT2D eigenvalue weighted by atomic mass is 9.94. The monoisotopic (exact) mass is 256 g/mol. The maximum absolute atomic E-state index is 6.22. The van der Waals surface area contributed by atoms with Gasteiger partial charge in [0.25, 0.3) is 0 Å². The van der Waals surface area contributed by atoms with Crippen LogP contribution >= 0.6 is 0 Å². The molecule has 98 valence electrons. The van der Waals surface area contributed by atoms with E-state index in [9.17, 15) is 0 Å². The third-order valence-electron chi connectivity index (χ3n) is 3.41. The summed E-state index contributed by atoms with van der Waals surface area (Å²) >= 11 is 0. The zero-order valence-corrected chi connectivity index (χ0v) is 10.7. The van der Waals surface area contributed by atoms with E-state index in [4.69, 9.17) is 15.2 Å². The van der Waals surface area contributed by atoms with Gasteiger partial charge >= 0.3 is 0 Å². The Kier molecular flexibility index (Phi) is 3.09. The first-order chi connectivity index (χ1) is 9.28. The molecule has 0 spiro atoms. The average molecular weight is 256 g/mol. The number of aromatic nitrogens is 1. The van der Waals surface area contributed by atoms with Crippen LogP contribution in [0.1, 0.15) is 29.7 Å². The molecule has 1 aliphatic rings. The van der Waals surface area contributed by atoms with Crippen molar-refractivity contribution in [3.05, 3.63) is 53.9 Å². The fourth-order valence-electron chi connectivity index (χ4n) is 2.38. The summed E-state index contributed by atoms with van der Waals surface area (Å²) in [6.07, 6.45) is 4.28. The summed E-state index contributed by atoms with van der Waals surface area (Å²) in [5, 5.41) is 0. The second kappa shape index (κ2) is 4.90. The Morgan fingerprint density at radius 3 is 3.00 bits per heavy atom. The molecule has 1 aromatic carbocycles. The third-order valence-corrected chi connectivity index (χ3v) is 3.41. The van der Waals surface area contributed by atoms with Crippen LogP contribution in [0.25, 0.3) is 0 Å². The summed E-state index contributed by atoms with van der Waals surface area (Å²) in [5.41, 5.74) is 8.30. The van der Waals surface area contributed by atoms with E-state index in [2.05, 4.69) is 4.98 Å². The average Bonchev–Trinajstić information content (AvgIpc) is 2.47. The molecule has 0 radical (unpaired) electrons. The normalized spacial score (nSPS) is 21.4. The molecule has 19 heavy (non-hydrogen) atoms. The smallest absolute Gasteiger partial charge is 0.128 e. The summed E-state index contributed by atoms with van der Waals surface area (Å²) in [7, 11) is 1.64. The van der Waals surface area contributed by atoms with E-state index in [1.165, 1.54) is 0 Å². The van der Waals surface area contributed by atoms with Crippen molar-refractivity contribution in [2.75, 3.05) is 7.11 Å². The zero-order chi connectivity index (χ0) is 13.2. The van der Waals surface area contributed by atoms with E-state index in [0.717, 1.165) is 29.0 Å². The van der Waals surface area contributed by atoms with Crippen LogP contribution < -0.4 is 15.2 Å². The number of fused-ring (bicyclic) bond motifs is 1. The van der Waals surface area contributed by atoms with Crippen molar-refractivity contribution < 1.29 is 9.47 Å². The fraction of sp³-hybridized carbons (Fsp3) is 0.267. The van der Waals surface area contributed by atoms with Gasteiger partial charge in [0, 0.05) is 42.0 Å².